The van der Waals surface area contributed by atoms with Crippen LogP contribution in [0.1, 0.15) is 11.1 Å². The lowest BCUT2D eigenvalue weighted by Crippen LogP contribution is -2.38. The molecule has 0 heterocycles. The molecule has 2 aromatic carbocycles. The number of guanidine groups is 1. The molecule has 2 aromatic rings. The van der Waals surface area contributed by atoms with Crippen LogP contribution in [0.2, 0.25) is 0 Å². The fraction of sp³-hybridized carbons (Fsp3) is 0.278. The van der Waals surface area contributed by atoms with E-state index in [9.17, 15) is 12.8 Å². The zero-order valence-corrected chi connectivity index (χ0v) is 15.6. The number of para-hydroxylation sites is 1. The number of aliphatic imine (C=N–C) groups is 1. The highest BCUT2D eigenvalue weighted by molar-refractivity contribution is 7.92. The first-order valence-corrected chi connectivity index (χ1v) is 10.0. The molecule has 0 aromatic heterocycles. The summed E-state index contributed by atoms with van der Waals surface area (Å²) >= 11 is 0. The Bertz CT molecular complexity index is 852. The second kappa shape index (κ2) is 9.19. The van der Waals surface area contributed by atoms with Crippen LogP contribution in [0, 0.1) is 5.82 Å². The number of nitrogens with one attached hydrogen (secondary N) is 3. The molecule has 0 bridgehead atoms. The van der Waals surface area contributed by atoms with Gasteiger partial charge in [-0.3, -0.25) is 9.71 Å². The van der Waals surface area contributed by atoms with Crippen molar-refractivity contribution < 1.29 is 12.8 Å². The lowest BCUT2D eigenvalue weighted by molar-refractivity contribution is 0.606. The molecule has 3 N–H and O–H groups in total. The third-order valence-corrected chi connectivity index (χ3v) is 4.19. The summed E-state index contributed by atoms with van der Waals surface area (Å²) in [5.74, 6) is 0.349. The Morgan fingerprint density at radius 3 is 2.42 bits per heavy atom. The summed E-state index contributed by atoms with van der Waals surface area (Å²) in [6.07, 6.45) is 1.85. The summed E-state index contributed by atoms with van der Waals surface area (Å²) < 4.78 is 38.3. The zero-order chi connectivity index (χ0) is 19.0. The van der Waals surface area contributed by atoms with Crippen molar-refractivity contribution in [2.75, 3.05) is 24.6 Å². The van der Waals surface area contributed by atoms with Crippen LogP contribution in [0.25, 0.3) is 0 Å². The van der Waals surface area contributed by atoms with Crippen LogP contribution in [0.15, 0.2) is 53.5 Å². The summed E-state index contributed by atoms with van der Waals surface area (Å²) in [5, 5.41) is 6.33. The molecule has 2 rings (SSSR count). The highest BCUT2D eigenvalue weighted by atomic mass is 32.2. The quantitative estimate of drug-likeness (QED) is 0.509. The molecule has 0 radical (unpaired) electrons. The van der Waals surface area contributed by atoms with Gasteiger partial charge in [0.25, 0.3) is 0 Å². The van der Waals surface area contributed by atoms with Crippen molar-refractivity contribution in [3.8, 4) is 0 Å². The number of hydrogen-bond donors (Lipinski definition) is 3. The van der Waals surface area contributed by atoms with Crippen molar-refractivity contribution in [2.45, 2.75) is 13.0 Å². The normalized spacial score (nSPS) is 11.9. The molecule has 0 aliphatic carbocycles. The Hall–Kier alpha value is -2.61. The summed E-state index contributed by atoms with van der Waals surface area (Å²) in [6.45, 7) is 1.05. The van der Waals surface area contributed by atoms with Gasteiger partial charge in [0.2, 0.25) is 10.0 Å². The molecule has 0 saturated heterocycles. The standard InChI is InChI=1S/C18H23FN4O2S/c1-20-18(21-12-11-14-7-9-16(19)10-8-14)22-13-15-5-3-4-6-17(15)23-26(2,24)25/h3-10,23H,11-13H2,1-2H3,(H2,20,21,22). The number of benzene rings is 2. The van der Waals surface area contributed by atoms with E-state index in [1.54, 1.807) is 31.3 Å². The van der Waals surface area contributed by atoms with Gasteiger partial charge >= 0.3 is 0 Å². The predicted octanol–water partition coefficient (Wildman–Crippen LogP) is 2.10. The fourth-order valence-corrected chi connectivity index (χ4v) is 2.95. The second-order valence-corrected chi connectivity index (χ2v) is 7.51. The first-order chi connectivity index (χ1) is 12.4. The molecule has 0 unspecified atom stereocenters. The van der Waals surface area contributed by atoms with E-state index in [0.717, 1.165) is 23.8 Å². The minimum atomic E-state index is -3.34. The van der Waals surface area contributed by atoms with Crippen LogP contribution in [0.3, 0.4) is 0 Å². The number of hydrogen-bond acceptors (Lipinski definition) is 3. The van der Waals surface area contributed by atoms with Gasteiger partial charge in [-0.1, -0.05) is 30.3 Å². The topological polar surface area (TPSA) is 82.6 Å². The smallest absolute Gasteiger partial charge is 0.229 e. The molecule has 26 heavy (non-hydrogen) atoms. The first kappa shape index (κ1) is 19.7. The monoisotopic (exact) mass is 378 g/mol. The Morgan fingerprint density at radius 1 is 1.08 bits per heavy atom. The molecule has 0 spiro atoms. The Labute approximate surface area is 153 Å². The van der Waals surface area contributed by atoms with Gasteiger partial charge in [-0.2, -0.15) is 0 Å². The summed E-state index contributed by atoms with van der Waals surface area (Å²) in [5.41, 5.74) is 2.36. The van der Waals surface area contributed by atoms with Crippen molar-refractivity contribution in [3.63, 3.8) is 0 Å². The minimum Gasteiger partial charge on any atom is -0.356 e. The van der Waals surface area contributed by atoms with Crippen molar-refractivity contribution in [2.24, 2.45) is 4.99 Å². The van der Waals surface area contributed by atoms with Gasteiger partial charge in [0, 0.05) is 20.1 Å². The van der Waals surface area contributed by atoms with Crippen LogP contribution in [-0.2, 0) is 23.0 Å². The lowest BCUT2D eigenvalue weighted by atomic mass is 10.1. The van der Waals surface area contributed by atoms with E-state index in [1.165, 1.54) is 12.1 Å². The third-order valence-electron chi connectivity index (χ3n) is 3.60. The maximum Gasteiger partial charge on any atom is 0.229 e. The van der Waals surface area contributed by atoms with Crippen molar-refractivity contribution in [1.82, 2.24) is 10.6 Å². The van der Waals surface area contributed by atoms with Crippen molar-refractivity contribution >= 4 is 21.7 Å². The maximum absolute atomic E-state index is 12.9. The van der Waals surface area contributed by atoms with Gasteiger partial charge in [0.1, 0.15) is 5.82 Å². The van der Waals surface area contributed by atoms with Gasteiger partial charge in [0.15, 0.2) is 5.96 Å². The van der Waals surface area contributed by atoms with Gasteiger partial charge in [-0.05, 0) is 35.7 Å². The van der Waals surface area contributed by atoms with Gasteiger partial charge in [0.05, 0.1) is 11.9 Å². The Morgan fingerprint density at radius 2 is 1.77 bits per heavy atom. The average molecular weight is 378 g/mol. The van der Waals surface area contributed by atoms with Crippen LogP contribution in [0.5, 0.6) is 0 Å². The summed E-state index contributed by atoms with van der Waals surface area (Å²) in [7, 11) is -1.68. The maximum atomic E-state index is 12.9. The minimum absolute atomic E-state index is 0.249. The molecule has 0 aliphatic rings. The van der Waals surface area contributed by atoms with Crippen molar-refractivity contribution in [1.29, 1.82) is 0 Å². The molecular formula is C18H23FN4O2S. The van der Waals surface area contributed by atoms with E-state index in [1.807, 2.05) is 12.1 Å². The first-order valence-electron chi connectivity index (χ1n) is 8.12. The van der Waals surface area contributed by atoms with E-state index in [-0.39, 0.29) is 5.82 Å². The predicted molar refractivity (Wildman–Crippen MR) is 103 cm³/mol. The third kappa shape index (κ3) is 6.72. The molecule has 140 valence electrons. The van der Waals surface area contributed by atoms with E-state index >= 15 is 0 Å². The van der Waals surface area contributed by atoms with Crippen LogP contribution in [-0.4, -0.2) is 34.2 Å². The van der Waals surface area contributed by atoms with Gasteiger partial charge in [-0.15, -0.1) is 0 Å². The van der Waals surface area contributed by atoms with Crippen LogP contribution < -0.4 is 15.4 Å². The Kier molecular flexibility index (Phi) is 6.97. The zero-order valence-electron chi connectivity index (χ0n) is 14.8. The van der Waals surface area contributed by atoms with Crippen LogP contribution >= 0.6 is 0 Å². The number of sulfonamides is 1. The van der Waals surface area contributed by atoms with E-state index in [0.29, 0.717) is 24.7 Å². The average Bonchev–Trinajstić information content (AvgIpc) is 2.59. The number of rotatable bonds is 7. The molecule has 0 amide bonds. The highest BCUT2D eigenvalue weighted by Crippen LogP contribution is 2.15. The molecule has 6 nitrogen and oxygen atoms in total. The molecule has 0 fully saturated rings. The SMILES string of the molecule is CN=C(NCCc1ccc(F)cc1)NCc1ccccc1NS(C)(=O)=O. The molecular weight excluding hydrogens is 355 g/mol. The molecule has 0 aliphatic heterocycles. The summed E-state index contributed by atoms with van der Waals surface area (Å²) in [4.78, 5) is 4.15. The van der Waals surface area contributed by atoms with E-state index in [4.69, 9.17) is 0 Å². The fourth-order valence-electron chi connectivity index (χ4n) is 2.35. The number of anilines is 1. The number of nitrogens with zero attached hydrogens (tertiary/aromatic N) is 1. The van der Waals surface area contributed by atoms with Crippen molar-refractivity contribution in [3.05, 3.63) is 65.5 Å². The van der Waals surface area contributed by atoms with Crippen LogP contribution in [0.4, 0.5) is 10.1 Å². The van der Waals surface area contributed by atoms with Gasteiger partial charge < -0.3 is 10.6 Å². The van der Waals surface area contributed by atoms with E-state index in [2.05, 4.69) is 20.3 Å². The van der Waals surface area contributed by atoms with E-state index < -0.39 is 10.0 Å². The molecule has 8 heteroatoms. The number of halogens is 1. The highest BCUT2D eigenvalue weighted by Gasteiger charge is 2.07. The largest absolute Gasteiger partial charge is 0.356 e. The lowest BCUT2D eigenvalue weighted by Gasteiger charge is -2.14. The Balaban J connectivity index is 1.88. The van der Waals surface area contributed by atoms with Gasteiger partial charge in [-0.25, -0.2) is 12.8 Å². The molecule has 0 saturated carbocycles. The summed E-state index contributed by atoms with van der Waals surface area (Å²) in [6, 6.07) is 13.5. The molecule has 0 atom stereocenters. The second-order valence-electron chi connectivity index (χ2n) is 5.76.